The van der Waals surface area contributed by atoms with Crippen molar-refractivity contribution < 1.29 is 14.5 Å². The van der Waals surface area contributed by atoms with Crippen molar-refractivity contribution >= 4 is 17.4 Å². The van der Waals surface area contributed by atoms with Crippen LogP contribution in [0, 0.1) is 10.1 Å². The van der Waals surface area contributed by atoms with E-state index in [1.54, 1.807) is 12.0 Å². The molecule has 0 aromatic carbocycles. The van der Waals surface area contributed by atoms with E-state index in [0.717, 1.165) is 19.0 Å². The Balaban J connectivity index is 2.25. The predicted octanol–water partition coefficient (Wildman–Crippen LogP) is 0.823. The lowest BCUT2D eigenvalue weighted by molar-refractivity contribution is -0.385. The number of carbonyl (C=O) groups is 1. The summed E-state index contributed by atoms with van der Waals surface area (Å²) >= 11 is 0. The van der Waals surface area contributed by atoms with Gasteiger partial charge in [-0.1, -0.05) is 0 Å². The second-order valence-electron chi connectivity index (χ2n) is 4.61. The highest BCUT2D eigenvalue weighted by Crippen LogP contribution is 2.29. The number of hydrogen-bond donors (Lipinski definition) is 1. The van der Waals surface area contributed by atoms with E-state index in [9.17, 15) is 14.9 Å². The smallest absolute Gasteiger partial charge is 0.288 e. The van der Waals surface area contributed by atoms with Crippen molar-refractivity contribution in [2.45, 2.75) is 18.9 Å². The van der Waals surface area contributed by atoms with Crippen LogP contribution in [-0.4, -0.2) is 47.0 Å². The van der Waals surface area contributed by atoms with E-state index in [-0.39, 0.29) is 29.0 Å². The highest BCUT2D eigenvalue weighted by molar-refractivity contribution is 5.99. The standard InChI is InChI=1S/C12H16N4O4/c1-20-5-4-15(8-2-3-8)12(17)10-6-9(16(18)19)7-14-11(10)13/h6-8H,2-5H2,1H3,(H2,13,14). The zero-order valence-electron chi connectivity index (χ0n) is 11.1. The van der Waals surface area contributed by atoms with Crippen LogP contribution in [0.1, 0.15) is 23.2 Å². The highest BCUT2D eigenvalue weighted by Gasteiger charge is 2.34. The molecule has 0 radical (unpaired) electrons. The molecule has 2 N–H and O–H groups in total. The van der Waals surface area contributed by atoms with Gasteiger partial charge in [-0.2, -0.15) is 0 Å². The van der Waals surface area contributed by atoms with E-state index in [4.69, 9.17) is 10.5 Å². The van der Waals surface area contributed by atoms with Gasteiger partial charge in [-0.25, -0.2) is 4.98 Å². The van der Waals surface area contributed by atoms with Crippen LogP contribution in [0.15, 0.2) is 12.3 Å². The Morgan fingerprint density at radius 1 is 1.65 bits per heavy atom. The first-order chi connectivity index (χ1) is 9.54. The number of nitrogen functional groups attached to an aromatic ring is 1. The number of anilines is 1. The van der Waals surface area contributed by atoms with Crippen molar-refractivity contribution in [2.24, 2.45) is 0 Å². The Kier molecular flexibility index (Phi) is 4.14. The van der Waals surface area contributed by atoms with Gasteiger partial charge < -0.3 is 15.4 Å². The fourth-order valence-electron chi connectivity index (χ4n) is 1.92. The zero-order chi connectivity index (χ0) is 14.7. The molecule has 8 heteroatoms. The van der Waals surface area contributed by atoms with Crippen LogP contribution in [0.25, 0.3) is 0 Å². The topological polar surface area (TPSA) is 112 Å². The third-order valence-electron chi connectivity index (χ3n) is 3.13. The average molecular weight is 280 g/mol. The summed E-state index contributed by atoms with van der Waals surface area (Å²) in [6, 6.07) is 1.34. The van der Waals surface area contributed by atoms with Crippen molar-refractivity contribution in [3.63, 3.8) is 0 Å². The highest BCUT2D eigenvalue weighted by atomic mass is 16.6. The van der Waals surface area contributed by atoms with Gasteiger partial charge in [-0.3, -0.25) is 14.9 Å². The van der Waals surface area contributed by atoms with E-state index >= 15 is 0 Å². The first kappa shape index (κ1) is 14.2. The maximum atomic E-state index is 12.5. The lowest BCUT2D eigenvalue weighted by Crippen LogP contribution is -2.36. The number of methoxy groups -OCH3 is 1. The number of carbonyl (C=O) groups excluding carboxylic acids is 1. The molecule has 1 amide bonds. The number of aromatic nitrogens is 1. The van der Waals surface area contributed by atoms with Gasteiger partial charge >= 0.3 is 0 Å². The molecule has 20 heavy (non-hydrogen) atoms. The Morgan fingerprint density at radius 3 is 2.90 bits per heavy atom. The van der Waals surface area contributed by atoms with E-state index in [1.165, 1.54) is 6.07 Å². The molecule has 0 unspecified atom stereocenters. The maximum Gasteiger partial charge on any atom is 0.288 e. The molecule has 0 saturated heterocycles. The van der Waals surface area contributed by atoms with Gasteiger partial charge in [-0.05, 0) is 12.8 Å². The van der Waals surface area contributed by atoms with E-state index in [2.05, 4.69) is 4.98 Å². The normalized spacial score (nSPS) is 14.1. The number of ether oxygens (including phenoxy) is 1. The summed E-state index contributed by atoms with van der Waals surface area (Å²) in [7, 11) is 1.55. The summed E-state index contributed by atoms with van der Waals surface area (Å²) in [4.78, 5) is 28.0. The molecular weight excluding hydrogens is 264 g/mol. The van der Waals surface area contributed by atoms with Gasteiger partial charge in [0.15, 0.2) is 0 Å². The monoisotopic (exact) mass is 280 g/mol. The molecule has 0 spiro atoms. The molecule has 1 aliphatic carbocycles. The number of pyridine rings is 1. The van der Waals surface area contributed by atoms with Gasteiger partial charge in [0.2, 0.25) is 0 Å². The molecule has 1 aromatic heterocycles. The minimum Gasteiger partial charge on any atom is -0.383 e. The molecule has 0 atom stereocenters. The molecule has 1 aliphatic rings. The minimum absolute atomic E-state index is 0.00340. The van der Waals surface area contributed by atoms with E-state index < -0.39 is 4.92 Å². The number of amides is 1. The van der Waals surface area contributed by atoms with Crippen molar-refractivity contribution in [3.8, 4) is 0 Å². The van der Waals surface area contributed by atoms with Crippen LogP contribution in [0.5, 0.6) is 0 Å². The summed E-state index contributed by atoms with van der Waals surface area (Å²) in [5, 5.41) is 10.8. The summed E-state index contributed by atoms with van der Waals surface area (Å²) < 4.78 is 4.98. The fraction of sp³-hybridized carbons (Fsp3) is 0.500. The Labute approximate surface area is 115 Å². The lowest BCUT2D eigenvalue weighted by Gasteiger charge is -2.22. The SMILES string of the molecule is COCCN(C(=O)c1cc([N+](=O)[O-])cnc1N)C1CC1. The molecule has 8 nitrogen and oxygen atoms in total. The van der Waals surface area contributed by atoms with E-state index in [1.807, 2.05) is 0 Å². The molecule has 1 saturated carbocycles. The lowest BCUT2D eigenvalue weighted by atomic mass is 10.2. The first-order valence-electron chi connectivity index (χ1n) is 6.24. The van der Waals surface area contributed by atoms with Crippen molar-refractivity contribution in [3.05, 3.63) is 27.9 Å². The molecule has 1 heterocycles. The van der Waals surface area contributed by atoms with Gasteiger partial charge in [0.1, 0.15) is 12.0 Å². The van der Waals surface area contributed by atoms with Gasteiger partial charge in [0.05, 0.1) is 17.1 Å². The number of rotatable bonds is 6. The van der Waals surface area contributed by atoms with Crippen molar-refractivity contribution in [2.75, 3.05) is 26.0 Å². The summed E-state index contributed by atoms with van der Waals surface area (Å²) in [5.41, 5.74) is 5.49. The third-order valence-corrected chi connectivity index (χ3v) is 3.13. The molecule has 1 aromatic rings. The molecule has 108 valence electrons. The van der Waals surface area contributed by atoms with Crippen LogP contribution in [-0.2, 0) is 4.74 Å². The largest absolute Gasteiger partial charge is 0.383 e. The number of hydrogen-bond acceptors (Lipinski definition) is 6. The van der Waals surface area contributed by atoms with Crippen molar-refractivity contribution in [1.82, 2.24) is 9.88 Å². The van der Waals surface area contributed by atoms with Crippen molar-refractivity contribution in [1.29, 1.82) is 0 Å². The van der Waals surface area contributed by atoms with Gasteiger partial charge in [0, 0.05) is 25.8 Å². The summed E-state index contributed by atoms with van der Waals surface area (Å²) in [5.74, 6) is -0.332. The summed E-state index contributed by atoms with van der Waals surface area (Å²) in [6.45, 7) is 0.840. The number of nitrogens with two attached hydrogens (primary N) is 1. The Bertz CT molecular complexity index is 530. The molecule has 0 aliphatic heterocycles. The van der Waals surface area contributed by atoms with Crippen LogP contribution in [0.2, 0.25) is 0 Å². The molecule has 1 fully saturated rings. The number of nitrogens with zero attached hydrogens (tertiary/aromatic N) is 3. The predicted molar refractivity (Wildman–Crippen MR) is 71.2 cm³/mol. The summed E-state index contributed by atoms with van der Waals surface area (Å²) in [6.07, 6.45) is 2.90. The van der Waals surface area contributed by atoms with Crippen LogP contribution in [0.3, 0.4) is 0 Å². The average Bonchev–Trinajstić information content (AvgIpc) is 3.23. The molecule has 0 bridgehead atoms. The van der Waals surface area contributed by atoms with Crippen LogP contribution in [0.4, 0.5) is 11.5 Å². The van der Waals surface area contributed by atoms with Crippen LogP contribution < -0.4 is 5.73 Å². The minimum atomic E-state index is -0.597. The number of nitro groups is 1. The molecular formula is C12H16N4O4. The Morgan fingerprint density at radius 2 is 2.35 bits per heavy atom. The first-order valence-corrected chi connectivity index (χ1v) is 6.24. The van der Waals surface area contributed by atoms with Crippen LogP contribution >= 0.6 is 0 Å². The van der Waals surface area contributed by atoms with Gasteiger partial charge in [0.25, 0.3) is 11.6 Å². The van der Waals surface area contributed by atoms with Gasteiger partial charge in [-0.15, -0.1) is 0 Å². The third kappa shape index (κ3) is 3.02. The van der Waals surface area contributed by atoms with E-state index in [0.29, 0.717) is 13.2 Å². The maximum absolute atomic E-state index is 12.5. The molecule has 2 rings (SSSR count). The second-order valence-corrected chi connectivity index (χ2v) is 4.61. The second kappa shape index (κ2) is 5.83. The Hall–Kier alpha value is -2.22. The zero-order valence-corrected chi connectivity index (χ0v) is 11.1. The quantitative estimate of drug-likeness (QED) is 0.610. The fourth-order valence-corrected chi connectivity index (χ4v) is 1.92.